The molecule has 0 aromatic heterocycles. The molecule has 2 rings (SSSR count). The van der Waals surface area contributed by atoms with E-state index in [1.165, 1.54) is 31.2 Å². The molecular weight excluding hydrogens is 305 g/mol. The molecule has 1 atom stereocenters. The van der Waals surface area contributed by atoms with Crippen LogP contribution in [0.5, 0.6) is 0 Å². The summed E-state index contributed by atoms with van der Waals surface area (Å²) in [5, 5.41) is 0. The van der Waals surface area contributed by atoms with E-state index in [4.69, 9.17) is 5.73 Å². The highest BCUT2D eigenvalue weighted by atomic mass is 32.2. The predicted molar refractivity (Wildman–Crippen MR) is 82.3 cm³/mol. The lowest BCUT2D eigenvalue weighted by molar-refractivity contribution is -0.119. The molecule has 1 amide bonds. The minimum atomic E-state index is -3.94. The van der Waals surface area contributed by atoms with Crippen molar-refractivity contribution < 1.29 is 17.6 Å². The van der Waals surface area contributed by atoms with Crippen molar-refractivity contribution in [3.05, 3.63) is 71.5 Å². The molecular formula is C16H16FNO3S. The van der Waals surface area contributed by atoms with Gasteiger partial charge in [0.2, 0.25) is 5.91 Å². The maximum absolute atomic E-state index is 13.2. The van der Waals surface area contributed by atoms with Gasteiger partial charge in [-0.05, 0) is 23.3 Å². The predicted octanol–water partition coefficient (Wildman–Crippen LogP) is 1.99. The zero-order valence-corrected chi connectivity index (χ0v) is 12.8. The van der Waals surface area contributed by atoms with Crippen molar-refractivity contribution in [2.45, 2.75) is 11.7 Å². The number of hydrogen-bond acceptors (Lipinski definition) is 3. The van der Waals surface area contributed by atoms with Gasteiger partial charge in [-0.3, -0.25) is 4.79 Å². The molecule has 0 aliphatic carbocycles. The zero-order chi connectivity index (χ0) is 16.4. The lowest BCUT2D eigenvalue weighted by Gasteiger charge is -2.31. The van der Waals surface area contributed by atoms with Gasteiger partial charge in [-0.25, -0.2) is 12.8 Å². The van der Waals surface area contributed by atoms with E-state index >= 15 is 0 Å². The highest BCUT2D eigenvalue weighted by Gasteiger charge is 2.51. The van der Waals surface area contributed by atoms with Crippen molar-refractivity contribution in [2.24, 2.45) is 5.73 Å². The van der Waals surface area contributed by atoms with Crippen LogP contribution in [-0.4, -0.2) is 20.1 Å². The lowest BCUT2D eigenvalue weighted by atomic mass is 9.89. The molecule has 2 N–H and O–H groups in total. The second-order valence-electron chi connectivity index (χ2n) is 4.82. The van der Waals surface area contributed by atoms with Crippen LogP contribution in [0, 0.1) is 5.82 Å². The lowest BCUT2D eigenvalue weighted by Crippen LogP contribution is -2.49. The maximum Gasteiger partial charge on any atom is 0.248 e. The fourth-order valence-electron chi connectivity index (χ4n) is 2.54. The summed E-state index contributed by atoms with van der Waals surface area (Å²) in [6.07, 6.45) is 0. The Labute approximate surface area is 128 Å². The molecule has 4 nitrogen and oxygen atoms in total. The van der Waals surface area contributed by atoms with E-state index in [2.05, 4.69) is 0 Å². The van der Waals surface area contributed by atoms with E-state index in [9.17, 15) is 17.6 Å². The van der Waals surface area contributed by atoms with E-state index in [-0.39, 0.29) is 16.9 Å². The Morgan fingerprint density at radius 1 is 1.05 bits per heavy atom. The van der Waals surface area contributed by atoms with Gasteiger partial charge in [-0.15, -0.1) is 0 Å². The van der Waals surface area contributed by atoms with E-state index in [1.807, 2.05) is 0 Å². The Bertz CT molecular complexity index is 773. The summed E-state index contributed by atoms with van der Waals surface area (Å²) in [6, 6.07) is 12.8. The number of primary amides is 1. The SMILES string of the molecule is CCS(=O)(=O)C(C(N)=O)(c1ccccc1)c1ccc(F)cc1. The van der Waals surface area contributed by atoms with Gasteiger partial charge < -0.3 is 5.73 Å². The van der Waals surface area contributed by atoms with Crippen molar-refractivity contribution in [3.63, 3.8) is 0 Å². The Hall–Kier alpha value is -2.21. The fraction of sp³-hybridized carbons (Fsp3) is 0.188. The van der Waals surface area contributed by atoms with Crippen LogP contribution in [0.2, 0.25) is 0 Å². The molecule has 2 aromatic carbocycles. The van der Waals surface area contributed by atoms with Gasteiger partial charge in [0, 0.05) is 5.75 Å². The van der Waals surface area contributed by atoms with Crippen LogP contribution in [0.3, 0.4) is 0 Å². The number of benzene rings is 2. The smallest absolute Gasteiger partial charge is 0.248 e. The number of hydrogen-bond donors (Lipinski definition) is 1. The summed E-state index contributed by atoms with van der Waals surface area (Å²) in [7, 11) is -3.94. The summed E-state index contributed by atoms with van der Waals surface area (Å²) < 4.78 is 36.7. The van der Waals surface area contributed by atoms with Crippen LogP contribution in [0.15, 0.2) is 54.6 Å². The second-order valence-corrected chi connectivity index (χ2v) is 7.24. The van der Waals surface area contributed by atoms with E-state index in [1.54, 1.807) is 18.2 Å². The molecule has 22 heavy (non-hydrogen) atoms. The van der Waals surface area contributed by atoms with Crippen molar-refractivity contribution in [1.82, 2.24) is 0 Å². The fourth-order valence-corrected chi connectivity index (χ4v) is 4.27. The van der Waals surface area contributed by atoms with Gasteiger partial charge in [-0.1, -0.05) is 49.4 Å². The third-order valence-corrected chi connectivity index (χ3v) is 5.99. The van der Waals surface area contributed by atoms with Gasteiger partial charge in [-0.2, -0.15) is 0 Å². The maximum atomic E-state index is 13.2. The molecule has 1 unspecified atom stereocenters. The minimum absolute atomic E-state index is 0.134. The minimum Gasteiger partial charge on any atom is -0.368 e. The standard InChI is InChI=1S/C16H16FNO3S/c1-2-22(20,21)16(15(18)19,12-6-4-3-5-7-12)13-8-10-14(17)11-9-13/h3-11H,2H2,1H3,(H2,18,19). The van der Waals surface area contributed by atoms with Crippen LogP contribution in [0.4, 0.5) is 4.39 Å². The Morgan fingerprint density at radius 3 is 2.00 bits per heavy atom. The van der Waals surface area contributed by atoms with Crippen molar-refractivity contribution in [3.8, 4) is 0 Å². The largest absolute Gasteiger partial charge is 0.368 e. The normalized spacial score (nSPS) is 14.3. The molecule has 0 spiro atoms. The quantitative estimate of drug-likeness (QED) is 0.915. The Morgan fingerprint density at radius 2 is 1.55 bits per heavy atom. The number of halogens is 1. The van der Waals surface area contributed by atoms with Gasteiger partial charge in [0.05, 0.1) is 0 Å². The Kier molecular flexibility index (Phi) is 4.32. The number of nitrogens with two attached hydrogens (primary N) is 1. The van der Waals surface area contributed by atoms with Crippen LogP contribution in [-0.2, 0) is 19.4 Å². The molecule has 0 bridgehead atoms. The monoisotopic (exact) mass is 321 g/mol. The number of amides is 1. The average molecular weight is 321 g/mol. The second kappa shape index (κ2) is 5.88. The number of rotatable bonds is 5. The first kappa shape index (κ1) is 16.2. The number of sulfone groups is 1. The summed E-state index contributed by atoms with van der Waals surface area (Å²) in [4.78, 5) is 12.3. The van der Waals surface area contributed by atoms with Crippen molar-refractivity contribution in [1.29, 1.82) is 0 Å². The van der Waals surface area contributed by atoms with Gasteiger partial charge in [0.25, 0.3) is 0 Å². The molecule has 116 valence electrons. The van der Waals surface area contributed by atoms with Crippen LogP contribution in [0.1, 0.15) is 18.1 Å². The molecule has 2 aromatic rings. The van der Waals surface area contributed by atoms with Gasteiger partial charge in [0.1, 0.15) is 5.82 Å². The highest BCUT2D eigenvalue weighted by molar-refractivity contribution is 7.93. The summed E-state index contributed by atoms with van der Waals surface area (Å²) >= 11 is 0. The van der Waals surface area contributed by atoms with Crippen LogP contribution < -0.4 is 5.73 Å². The van der Waals surface area contributed by atoms with E-state index in [0.717, 1.165) is 12.1 Å². The van der Waals surface area contributed by atoms with Crippen LogP contribution in [0.25, 0.3) is 0 Å². The van der Waals surface area contributed by atoms with Gasteiger partial charge in [0.15, 0.2) is 14.6 Å². The molecule has 6 heteroatoms. The summed E-state index contributed by atoms with van der Waals surface area (Å²) in [5.41, 5.74) is 5.90. The first-order chi connectivity index (χ1) is 10.4. The molecule has 0 aliphatic heterocycles. The molecule has 0 heterocycles. The van der Waals surface area contributed by atoms with Crippen LogP contribution >= 0.6 is 0 Å². The average Bonchev–Trinajstić information content (AvgIpc) is 2.50. The number of carbonyl (C=O) groups excluding carboxylic acids is 1. The first-order valence-electron chi connectivity index (χ1n) is 6.70. The number of carbonyl (C=O) groups is 1. The Balaban J connectivity index is 2.90. The topological polar surface area (TPSA) is 77.2 Å². The molecule has 0 aliphatic rings. The van der Waals surface area contributed by atoms with E-state index in [0.29, 0.717) is 0 Å². The molecule has 0 radical (unpaired) electrons. The van der Waals surface area contributed by atoms with Gasteiger partial charge >= 0.3 is 0 Å². The molecule has 0 saturated carbocycles. The first-order valence-corrected chi connectivity index (χ1v) is 8.35. The highest BCUT2D eigenvalue weighted by Crippen LogP contribution is 2.38. The molecule has 0 saturated heterocycles. The third kappa shape index (κ3) is 2.39. The van der Waals surface area contributed by atoms with Crippen molar-refractivity contribution >= 4 is 15.7 Å². The summed E-state index contributed by atoms with van der Waals surface area (Å²) in [6.45, 7) is 1.44. The zero-order valence-electron chi connectivity index (χ0n) is 12.0. The van der Waals surface area contributed by atoms with E-state index < -0.39 is 26.3 Å². The third-order valence-electron chi connectivity index (χ3n) is 3.62. The molecule has 0 fully saturated rings. The summed E-state index contributed by atoms with van der Waals surface area (Å²) in [5.74, 6) is -1.81. The van der Waals surface area contributed by atoms with Crippen molar-refractivity contribution in [2.75, 3.05) is 5.75 Å².